The van der Waals surface area contributed by atoms with Crippen molar-refractivity contribution in [2.45, 2.75) is 39.3 Å². The summed E-state index contributed by atoms with van der Waals surface area (Å²) < 4.78 is 29.2. The molecule has 0 spiro atoms. The van der Waals surface area contributed by atoms with Crippen LogP contribution in [0.25, 0.3) is 0 Å². The monoisotopic (exact) mass is 313 g/mol. The molecule has 1 aromatic rings. The van der Waals surface area contributed by atoms with Crippen LogP contribution in [0.1, 0.15) is 26.7 Å². The number of nitrogens with one attached hydrogen (secondary N) is 2. The summed E-state index contributed by atoms with van der Waals surface area (Å²) in [6.07, 6.45) is 2.22. The molecular formula is C16H23F2N2O2+. The molecule has 1 aliphatic rings. The lowest BCUT2D eigenvalue weighted by Gasteiger charge is -2.31. The van der Waals surface area contributed by atoms with Gasteiger partial charge < -0.3 is 15.0 Å². The normalized spacial score (nSPS) is 23.1. The van der Waals surface area contributed by atoms with E-state index in [2.05, 4.69) is 17.0 Å². The topological polar surface area (TPSA) is 42.8 Å². The molecule has 1 amide bonds. The predicted octanol–water partition coefficient (Wildman–Crippen LogP) is 1.93. The molecule has 0 aliphatic carbocycles. The largest absolute Gasteiger partial charge is 0.433 e. The standard InChI is InChI=1S/C16H22F2N2O2/c1-11-7-9-20(10-8-11)12(2)15(21)19-13-5-3-4-6-14(13)22-16(17)18/h3-6,11-12,16H,7-10H2,1-2H3,(H,19,21)/p+1/t12-/m0/s1. The Balaban J connectivity index is 1.99. The molecule has 4 nitrogen and oxygen atoms in total. The number of ether oxygens (including phenoxy) is 1. The van der Waals surface area contributed by atoms with Crippen molar-refractivity contribution in [1.82, 2.24) is 0 Å². The van der Waals surface area contributed by atoms with Crippen LogP contribution in [0.2, 0.25) is 0 Å². The number of anilines is 1. The SMILES string of the molecule is CC1CC[NH+]([C@@H](C)C(=O)Nc2ccccc2OC(F)F)CC1. The lowest BCUT2D eigenvalue weighted by molar-refractivity contribution is -0.919. The molecule has 2 N–H and O–H groups in total. The highest BCUT2D eigenvalue weighted by atomic mass is 19.3. The molecule has 0 unspecified atom stereocenters. The van der Waals surface area contributed by atoms with Crippen LogP contribution < -0.4 is 15.0 Å². The van der Waals surface area contributed by atoms with Gasteiger partial charge in [0.1, 0.15) is 5.75 Å². The van der Waals surface area contributed by atoms with Gasteiger partial charge in [0.15, 0.2) is 6.04 Å². The van der Waals surface area contributed by atoms with Crippen molar-refractivity contribution < 1.29 is 23.2 Å². The van der Waals surface area contributed by atoms with Crippen LogP contribution >= 0.6 is 0 Å². The lowest BCUT2D eigenvalue weighted by Crippen LogP contribution is -3.17. The number of rotatable bonds is 5. The van der Waals surface area contributed by atoms with Gasteiger partial charge >= 0.3 is 6.61 Å². The van der Waals surface area contributed by atoms with Crippen molar-refractivity contribution in [2.75, 3.05) is 18.4 Å². The number of hydrogen-bond donors (Lipinski definition) is 2. The van der Waals surface area contributed by atoms with Gasteiger partial charge in [-0.25, -0.2) is 0 Å². The second-order valence-electron chi connectivity index (χ2n) is 5.93. The summed E-state index contributed by atoms with van der Waals surface area (Å²) in [6.45, 7) is 3.11. The van der Waals surface area contributed by atoms with Crippen LogP contribution in [0.15, 0.2) is 24.3 Å². The first-order valence-corrected chi connectivity index (χ1v) is 7.66. The number of piperidine rings is 1. The van der Waals surface area contributed by atoms with E-state index in [1.54, 1.807) is 18.2 Å². The number of alkyl halides is 2. The zero-order valence-corrected chi connectivity index (χ0v) is 12.9. The number of carbonyl (C=O) groups is 1. The lowest BCUT2D eigenvalue weighted by atomic mass is 9.98. The summed E-state index contributed by atoms with van der Waals surface area (Å²) >= 11 is 0. The fourth-order valence-electron chi connectivity index (χ4n) is 2.76. The van der Waals surface area contributed by atoms with E-state index in [9.17, 15) is 13.6 Å². The third-order valence-corrected chi connectivity index (χ3v) is 4.28. The Morgan fingerprint density at radius 3 is 2.59 bits per heavy atom. The Morgan fingerprint density at radius 1 is 1.32 bits per heavy atom. The molecule has 6 heteroatoms. The maximum atomic E-state index is 12.4. The Bertz CT molecular complexity index is 503. The first-order valence-electron chi connectivity index (χ1n) is 7.66. The highest BCUT2D eigenvalue weighted by Crippen LogP contribution is 2.25. The van der Waals surface area contributed by atoms with Crippen LogP contribution in [0.4, 0.5) is 14.5 Å². The molecule has 122 valence electrons. The van der Waals surface area contributed by atoms with E-state index in [0.29, 0.717) is 5.92 Å². The first-order chi connectivity index (χ1) is 10.5. The summed E-state index contributed by atoms with van der Waals surface area (Å²) in [5.74, 6) is 0.523. The summed E-state index contributed by atoms with van der Waals surface area (Å²) in [4.78, 5) is 13.6. The van der Waals surface area contributed by atoms with E-state index < -0.39 is 6.61 Å². The highest BCUT2D eigenvalue weighted by molar-refractivity contribution is 5.94. The van der Waals surface area contributed by atoms with Gasteiger partial charge in [0, 0.05) is 0 Å². The molecule has 0 saturated carbocycles. The van der Waals surface area contributed by atoms with Crippen LogP contribution in [0, 0.1) is 5.92 Å². The second-order valence-corrected chi connectivity index (χ2v) is 5.93. The number of amides is 1. The molecule has 0 bridgehead atoms. The number of hydrogen-bond acceptors (Lipinski definition) is 2. The third-order valence-electron chi connectivity index (χ3n) is 4.28. The summed E-state index contributed by atoms with van der Waals surface area (Å²) in [5.41, 5.74) is 0.282. The molecular weight excluding hydrogens is 290 g/mol. The Kier molecular flexibility index (Phi) is 5.71. The molecule has 2 rings (SSSR count). The van der Waals surface area contributed by atoms with E-state index in [-0.39, 0.29) is 23.4 Å². The van der Waals surface area contributed by atoms with Crippen molar-refractivity contribution in [3.8, 4) is 5.75 Å². The molecule has 1 fully saturated rings. The van der Waals surface area contributed by atoms with Crippen LogP contribution in [0.5, 0.6) is 5.75 Å². The van der Waals surface area contributed by atoms with E-state index in [0.717, 1.165) is 25.9 Å². The van der Waals surface area contributed by atoms with E-state index >= 15 is 0 Å². The number of halogens is 2. The average Bonchev–Trinajstić information content (AvgIpc) is 2.48. The fraction of sp³-hybridized carbons (Fsp3) is 0.562. The zero-order chi connectivity index (χ0) is 16.1. The zero-order valence-electron chi connectivity index (χ0n) is 12.9. The average molecular weight is 313 g/mol. The molecule has 1 heterocycles. The molecule has 1 saturated heterocycles. The molecule has 0 aromatic heterocycles. The third kappa shape index (κ3) is 4.40. The van der Waals surface area contributed by atoms with Gasteiger partial charge in [-0.3, -0.25) is 4.79 Å². The van der Waals surface area contributed by atoms with Gasteiger partial charge in [0.2, 0.25) is 0 Å². The van der Waals surface area contributed by atoms with Crippen LogP contribution in [0.3, 0.4) is 0 Å². The number of quaternary nitrogens is 1. The highest BCUT2D eigenvalue weighted by Gasteiger charge is 2.29. The maximum Gasteiger partial charge on any atom is 0.387 e. The van der Waals surface area contributed by atoms with E-state index in [1.165, 1.54) is 11.0 Å². The van der Waals surface area contributed by atoms with E-state index in [4.69, 9.17) is 0 Å². The Hall–Kier alpha value is -1.69. The minimum absolute atomic E-state index is 0.0136. The summed E-state index contributed by atoms with van der Waals surface area (Å²) in [7, 11) is 0. The molecule has 1 aliphatic heterocycles. The smallest absolute Gasteiger partial charge is 0.387 e. The number of carbonyl (C=O) groups excluding carboxylic acids is 1. The van der Waals surface area contributed by atoms with Gasteiger partial charge in [-0.15, -0.1) is 0 Å². The fourth-order valence-corrected chi connectivity index (χ4v) is 2.76. The minimum atomic E-state index is -2.91. The molecule has 1 atom stereocenters. The van der Waals surface area contributed by atoms with Crippen LogP contribution in [-0.2, 0) is 4.79 Å². The number of benzene rings is 1. The van der Waals surface area contributed by atoms with Crippen molar-refractivity contribution in [2.24, 2.45) is 5.92 Å². The minimum Gasteiger partial charge on any atom is -0.433 e. The Labute approximate surface area is 129 Å². The van der Waals surface area contributed by atoms with Crippen molar-refractivity contribution in [3.05, 3.63) is 24.3 Å². The van der Waals surface area contributed by atoms with Gasteiger partial charge in [0.05, 0.1) is 18.8 Å². The Morgan fingerprint density at radius 2 is 1.95 bits per heavy atom. The number of para-hydroxylation sites is 2. The maximum absolute atomic E-state index is 12.4. The summed E-state index contributed by atoms with van der Waals surface area (Å²) in [6, 6.07) is 6.03. The van der Waals surface area contributed by atoms with Gasteiger partial charge in [-0.2, -0.15) is 8.78 Å². The molecule has 1 aromatic carbocycles. The van der Waals surface area contributed by atoms with Crippen molar-refractivity contribution >= 4 is 11.6 Å². The number of likely N-dealkylation sites (tertiary alicyclic amines) is 1. The molecule has 22 heavy (non-hydrogen) atoms. The van der Waals surface area contributed by atoms with Gasteiger partial charge in [-0.05, 0) is 37.8 Å². The quantitative estimate of drug-likeness (QED) is 0.872. The van der Waals surface area contributed by atoms with Crippen LogP contribution in [-0.4, -0.2) is 31.7 Å². The van der Waals surface area contributed by atoms with Gasteiger partial charge in [0.25, 0.3) is 5.91 Å². The van der Waals surface area contributed by atoms with E-state index in [1.807, 2.05) is 6.92 Å². The summed E-state index contributed by atoms with van der Waals surface area (Å²) in [5, 5.41) is 2.71. The van der Waals surface area contributed by atoms with Gasteiger partial charge in [-0.1, -0.05) is 19.1 Å². The van der Waals surface area contributed by atoms with Crippen molar-refractivity contribution in [1.29, 1.82) is 0 Å². The molecule has 0 radical (unpaired) electrons. The second kappa shape index (κ2) is 7.54. The predicted molar refractivity (Wildman–Crippen MR) is 80.3 cm³/mol. The van der Waals surface area contributed by atoms with Crippen molar-refractivity contribution in [3.63, 3.8) is 0 Å². The first kappa shape index (κ1) is 16.7.